The van der Waals surface area contributed by atoms with Crippen molar-refractivity contribution in [1.82, 2.24) is 4.90 Å². The number of benzene rings is 2. The van der Waals surface area contributed by atoms with E-state index >= 15 is 0 Å². The van der Waals surface area contributed by atoms with Crippen molar-refractivity contribution in [2.75, 3.05) is 13.1 Å². The summed E-state index contributed by atoms with van der Waals surface area (Å²) in [6.45, 7) is 4.82. The van der Waals surface area contributed by atoms with Crippen molar-refractivity contribution in [3.8, 4) is 0 Å². The first-order valence-electron chi connectivity index (χ1n) is 8.75. The van der Waals surface area contributed by atoms with Crippen molar-refractivity contribution in [2.45, 2.75) is 25.8 Å². The van der Waals surface area contributed by atoms with E-state index in [0.717, 1.165) is 32.1 Å². The summed E-state index contributed by atoms with van der Waals surface area (Å²) in [6.07, 6.45) is 2.28. The molecule has 0 unspecified atom stereocenters. The molecule has 2 heterocycles. The molecule has 2 aromatic carbocycles. The van der Waals surface area contributed by atoms with Gasteiger partial charge in [-0.15, -0.1) is 0 Å². The molecule has 0 spiro atoms. The lowest BCUT2D eigenvalue weighted by Crippen LogP contribution is -2.38. The van der Waals surface area contributed by atoms with Gasteiger partial charge in [-0.05, 0) is 36.4 Å². The summed E-state index contributed by atoms with van der Waals surface area (Å²) in [4.78, 5) is 2.40. The van der Waals surface area contributed by atoms with Gasteiger partial charge >= 0.3 is 0 Å². The highest BCUT2D eigenvalue weighted by molar-refractivity contribution is 5.81. The summed E-state index contributed by atoms with van der Waals surface area (Å²) >= 11 is 0. The Kier molecular flexibility index (Phi) is 4.30. The molecule has 0 saturated carbocycles. The molecule has 0 radical (unpaired) electrons. The van der Waals surface area contributed by atoms with Crippen molar-refractivity contribution in [3.05, 3.63) is 71.5 Å². The lowest BCUT2D eigenvalue weighted by atomic mass is 9.80. The highest BCUT2D eigenvalue weighted by Gasteiger charge is 2.32. The summed E-state index contributed by atoms with van der Waals surface area (Å²) in [5.74, 6) is -0.737. The van der Waals surface area contributed by atoms with Crippen LogP contribution in [0.25, 0.3) is 11.0 Å². The molecule has 0 bridgehead atoms. The molecule has 2 nitrogen and oxygen atoms in total. The van der Waals surface area contributed by atoms with E-state index in [2.05, 4.69) is 24.0 Å². The SMILES string of the molecule is C[C@H]1CN(Cc2ccccc2)CC[C@H]1c1c(F)cc(F)c2ccoc12. The normalized spacial score (nSPS) is 21.7. The summed E-state index contributed by atoms with van der Waals surface area (Å²) in [5, 5.41) is 0.371. The molecule has 1 aromatic heterocycles. The number of fused-ring (bicyclic) bond motifs is 1. The molecule has 1 saturated heterocycles. The Labute approximate surface area is 146 Å². The first kappa shape index (κ1) is 16.3. The van der Waals surface area contributed by atoms with Gasteiger partial charge < -0.3 is 4.42 Å². The number of furan rings is 1. The van der Waals surface area contributed by atoms with Crippen LogP contribution in [-0.2, 0) is 6.54 Å². The van der Waals surface area contributed by atoms with Gasteiger partial charge in [-0.2, -0.15) is 0 Å². The van der Waals surface area contributed by atoms with Gasteiger partial charge in [0, 0.05) is 24.7 Å². The van der Waals surface area contributed by atoms with Gasteiger partial charge in [-0.1, -0.05) is 37.3 Å². The summed E-state index contributed by atoms with van der Waals surface area (Å²) < 4.78 is 33.9. The van der Waals surface area contributed by atoms with Crippen LogP contribution >= 0.6 is 0 Å². The summed E-state index contributed by atoms with van der Waals surface area (Å²) in [6, 6.07) is 12.9. The Hall–Kier alpha value is -2.20. The Morgan fingerprint density at radius 1 is 1.12 bits per heavy atom. The maximum absolute atomic E-state index is 14.5. The topological polar surface area (TPSA) is 16.4 Å². The maximum atomic E-state index is 14.5. The fraction of sp³-hybridized carbons (Fsp3) is 0.333. The van der Waals surface area contributed by atoms with E-state index in [1.54, 1.807) is 6.07 Å². The second kappa shape index (κ2) is 6.60. The van der Waals surface area contributed by atoms with E-state index in [9.17, 15) is 8.78 Å². The molecule has 1 aliphatic rings. The number of halogens is 2. The number of hydrogen-bond donors (Lipinski definition) is 0. The van der Waals surface area contributed by atoms with E-state index in [1.807, 2.05) is 18.2 Å². The highest BCUT2D eigenvalue weighted by Crippen LogP contribution is 2.39. The van der Waals surface area contributed by atoms with Gasteiger partial charge in [0.05, 0.1) is 11.6 Å². The molecule has 0 aliphatic carbocycles. The van der Waals surface area contributed by atoms with E-state index in [1.165, 1.54) is 11.8 Å². The van der Waals surface area contributed by atoms with Gasteiger partial charge in [0.2, 0.25) is 0 Å². The minimum absolute atomic E-state index is 0.0428. The Bertz CT molecular complexity index is 874. The molecule has 0 amide bonds. The first-order valence-corrected chi connectivity index (χ1v) is 8.75. The largest absolute Gasteiger partial charge is 0.464 e. The average Bonchev–Trinajstić information content (AvgIpc) is 3.07. The molecule has 0 N–H and O–H groups in total. The van der Waals surface area contributed by atoms with Gasteiger partial charge in [0.15, 0.2) is 0 Å². The Balaban J connectivity index is 1.57. The zero-order valence-electron chi connectivity index (χ0n) is 14.2. The second-order valence-corrected chi connectivity index (χ2v) is 7.01. The molecule has 25 heavy (non-hydrogen) atoms. The molecule has 3 aromatic rings. The predicted molar refractivity (Wildman–Crippen MR) is 94.4 cm³/mol. The molecule has 4 rings (SSSR count). The zero-order chi connectivity index (χ0) is 17.4. The van der Waals surface area contributed by atoms with Crippen LogP contribution in [0, 0.1) is 17.6 Å². The second-order valence-electron chi connectivity index (χ2n) is 7.01. The predicted octanol–water partition coefficient (Wildman–Crippen LogP) is 5.34. The van der Waals surface area contributed by atoms with Crippen LogP contribution in [-0.4, -0.2) is 18.0 Å². The van der Waals surface area contributed by atoms with E-state index in [-0.39, 0.29) is 11.8 Å². The number of nitrogens with zero attached hydrogens (tertiary/aromatic N) is 1. The van der Waals surface area contributed by atoms with Crippen LogP contribution in [0.2, 0.25) is 0 Å². The maximum Gasteiger partial charge on any atom is 0.143 e. The van der Waals surface area contributed by atoms with Crippen LogP contribution in [0.1, 0.15) is 30.4 Å². The van der Waals surface area contributed by atoms with E-state index in [0.29, 0.717) is 16.5 Å². The van der Waals surface area contributed by atoms with Gasteiger partial charge in [-0.3, -0.25) is 4.90 Å². The first-order chi connectivity index (χ1) is 12.1. The number of rotatable bonds is 3. The van der Waals surface area contributed by atoms with Crippen LogP contribution < -0.4 is 0 Å². The molecule has 4 heteroatoms. The fourth-order valence-corrected chi connectivity index (χ4v) is 4.07. The van der Waals surface area contributed by atoms with Crippen molar-refractivity contribution >= 4 is 11.0 Å². The third-order valence-corrected chi connectivity index (χ3v) is 5.29. The summed E-state index contributed by atoms with van der Waals surface area (Å²) in [5.41, 5.74) is 2.19. The third kappa shape index (κ3) is 3.07. The average molecular weight is 341 g/mol. The number of hydrogen-bond acceptors (Lipinski definition) is 2. The van der Waals surface area contributed by atoms with Crippen LogP contribution in [0.3, 0.4) is 0 Å². The lowest BCUT2D eigenvalue weighted by molar-refractivity contribution is 0.154. The van der Waals surface area contributed by atoms with Crippen molar-refractivity contribution in [1.29, 1.82) is 0 Å². The van der Waals surface area contributed by atoms with Crippen LogP contribution in [0.5, 0.6) is 0 Å². The Morgan fingerprint density at radius 3 is 2.68 bits per heavy atom. The Morgan fingerprint density at radius 2 is 1.92 bits per heavy atom. The quantitative estimate of drug-likeness (QED) is 0.640. The molecular formula is C21H21F2NO. The standard InChI is InChI=1S/C21H21F2NO/c1-14-12-24(13-15-5-3-2-4-6-15)9-7-16(14)20-19(23)11-18(22)17-8-10-25-21(17)20/h2-6,8,10-11,14,16H,7,9,12-13H2,1H3/t14-,16+/m0/s1. The third-order valence-electron chi connectivity index (χ3n) is 5.29. The van der Waals surface area contributed by atoms with Crippen LogP contribution in [0.4, 0.5) is 8.78 Å². The van der Waals surface area contributed by atoms with Gasteiger partial charge in [-0.25, -0.2) is 8.78 Å². The van der Waals surface area contributed by atoms with Gasteiger partial charge in [0.1, 0.15) is 17.2 Å². The van der Waals surface area contributed by atoms with Gasteiger partial charge in [0.25, 0.3) is 0 Å². The van der Waals surface area contributed by atoms with Crippen molar-refractivity contribution in [2.24, 2.45) is 5.92 Å². The molecule has 1 fully saturated rings. The highest BCUT2D eigenvalue weighted by atomic mass is 19.1. The van der Waals surface area contributed by atoms with Crippen molar-refractivity contribution in [3.63, 3.8) is 0 Å². The fourth-order valence-electron chi connectivity index (χ4n) is 4.07. The molecule has 2 atom stereocenters. The molecule has 130 valence electrons. The van der Waals surface area contributed by atoms with Crippen LogP contribution in [0.15, 0.2) is 53.1 Å². The van der Waals surface area contributed by atoms with E-state index < -0.39 is 11.6 Å². The molecule has 1 aliphatic heterocycles. The van der Waals surface area contributed by atoms with Crippen molar-refractivity contribution < 1.29 is 13.2 Å². The lowest BCUT2D eigenvalue weighted by Gasteiger charge is -2.37. The molecular weight excluding hydrogens is 320 g/mol. The number of likely N-dealkylation sites (tertiary alicyclic amines) is 1. The minimum atomic E-state index is -0.556. The smallest absolute Gasteiger partial charge is 0.143 e. The summed E-state index contributed by atoms with van der Waals surface area (Å²) in [7, 11) is 0. The monoisotopic (exact) mass is 341 g/mol. The zero-order valence-corrected chi connectivity index (χ0v) is 14.2. The van der Waals surface area contributed by atoms with E-state index in [4.69, 9.17) is 4.42 Å². The number of piperidine rings is 1. The minimum Gasteiger partial charge on any atom is -0.464 e.